The van der Waals surface area contributed by atoms with E-state index in [4.69, 9.17) is 4.74 Å². The number of benzene rings is 5. The summed E-state index contributed by atoms with van der Waals surface area (Å²) in [6, 6.07) is 41.8. The highest BCUT2D eigenvalue weighted by Crippen LogP contribution is 2.44. The van der Waals surface area contributed by atoms with Crippen LogP contribution in [0.5, 0.6) is 11.5 Å². The predicted octanol–water partition coefficient (Wildman–Crippen LogP) is 5.63. The van der Waals surface area contributed by atoms with Gasteiger partial charge in [-0.2, -0.15) is 5.26 Å². The molecule has 0 spiro atoms. The zero-order valence-electron chi connectivity index (χ0n) is 18.8. The van der Waals surface area contributed by atoms with E-state index in [1.807, 2.05) is 42.5 Å². The Labute approximate surface area is 204 Å². The molecule has 0 saturated carbocycles. The van der Waals surface area contributed by atoms with Crippen molar-refractivity contribution in [1.82, 2.24) is 0 Å². The molecule has 0 saturated heterocycles. The van der Waals surface area contributed by atoms with Crippen molar-refractivity contribution in [1.29, 1.82) is 5.26 Å². The molecule has 2 aliphatic rings. The lowest BCUT2D eigenvalue weighted by Crippen LogP contribution is -2.59. The van der Waals surface area contributed by atoms with Crippen LogP contribution in [-0.2, 0) is 0 Å². The topological polar surface area (TPSA) is 36.3 Å². The number of anilines is 3. The van der Waals surface area contributed by atoms with Gasteiger partial charge in [0.15, 0.2) is 0 Å². The van der Waals surface area contributed by atoms with Gasteiger partial charge in [0, 0.05) is 16.9 Å². The minimum Gasteiger partial charge on any atom is -0.458 e. The third kappa shape index (κ3) is 2.92. The molecule has 0 aromatic heterocycles. The van der Waals surface area contributed by atoms with Crippen LogP contribution in [0.1, 0.15) is 5.56 Å². The number of nitrogens with zero attached hydrogens (tertiary/aromatic N) is 2. The Balaban J connectivity index is 1.55. The maximum absolute atomic E-state index is 9.77. The van der Waals surface area contributed by atoms with Gasteiger partial charge < -0.3 is 9.64 Å². The molecule has 35 heavy (non-hydrogen) atoms. The average Bonchev–Trinajstić information content (AvgIpc) is 2.93. The fourth-order valence-corrected chi connectivity index (χ4v) is 5.49. The lowest BCUT2D eigenvalue weighted by atomic mass is 9.34. The molecule has 0 N–H and O–H groups in total. The molecule has 3 nitrogen and oxygen atoms in total. The number of rotatable bonds is 2. The average molecular weight is 446 g/mol. The molecule has 2 aliphatic heterocycles. The lowest BCUT2D eigenvalue weighted by Gasteiger charge is -2.40. The molecule has 0 bridgehead atoms. The highest BCUT2D eigenvalue weighted by atomic mass is 16.5. The van der Waals surface area contributed by atoms with Crippen molar-refractivity contribution >= 4 is 40.2 Å². The van der Waals surface area contributed by atoms with Crippen LogP contribution >= 0.6 is 0 Å². The van der Waals surface area contributed by atoms with E-state index < -0.39 is 0 Å². The van der Waals surface area contributed by atoms with Gasteiger partial charge in [0.1, 0.15) is 11.5 Å². The van der Waals surface area contributed by atoms with Crippen molar-refractivity contribution < 1.29 is 4.74 Å². The highest BCUT2D eigenvalue weighted by Gasteiger charge is 2.41. The smallest absolute Gasteiger partial charge is 0.256 e. The van der Waals surface area contributed by atoms with Gasteiger partial charge in [-0.3, -0.25) is 0 Å². The van der Waals surface area contributed by atoms with Crippen molar-refractivity contribution in [3.05, 3.63) is 121 Å². The molecule has 4 heteroatoms. The van der Waals surface area contributed by atoms with Crippen LogP contribution in [0.25, 0.3) is 11.1 Å². The van der Waals surface area contributed by atoms with Gasteiger partial charge in [-0.15, -0.1) is 0 Å². The van der Waals surface area contributed by atoms with Gasteiger partial charge in [0.2, 0.25) is 0 Å². The van der Waals surface area contributed by atoms with Crippen molar-refractivity contribution in [2.24, 2.45) is 0 Å². The molecule has 5 aromatic carbocycles. The molecule has 0 amide bonds. The first-order chi connectivity index (χ1) is 17.3. The molecule has 0 atom stereocenters. The lowest BCUT2D eigenvalue weighted by molar-refractivity contribution is 0.487. The van der Waals surface area contributed by atoms with Crippen LogP contribution in [0.4, 0.5) is 17.1 Å². The Morgan fingerprint density at radius 3 is 2.20 bits per heavy atom. The second kappa shape index (κ2) is 7.65. The van der Waals surface area contributed by atoms with E-state index in [9.17, 15) is 5.26 Å². The van der Waals surface area contributed by atoms with E-state index in [0.29, 0.717) is 5.56 Å². The quantitative estimate of drug-likeness (QED) is 0.323. The van der Waals surface area contributed by atoms with Crippen LogP contribution in [-0.4, -0.2) is 6.71 Å². The maximum Gasteiger partial charge on any atom is 0.256 e. The van der Waals surface area contributed by atoms with E-state index in [-0.39, 0.29) is 6.71 Å². The van der Waals surface area contributed by atoms with E-state index >= 15 is 0 Å². The first-order valence-electron chi connectivity index (χ1n) is 11.7. The monoisotopic (exact) mass is 446 g/mol. The van der Waals surface area contributed by atoms with Gasteiger partial charge >= 0.3 is 0 Å². The predicted molar refractivity (Wildman–Crippen MR) is 142 cm³/mol. The summed E-state index contributed by atoms with van der Waals surface area (Å²) < 4.78 is 6.40. The van der Waals surface area contributed by atoms with Crippen molar-refractivity contribution in [3.63, 3.8) is 0 Å². The zero-order valence-corrected chi connectivity index (χ0v) is 18.8. The van der Waals surface area contributed by atoms with Gasteiger partial charge in [0.25, 0.3) is 6.71 Å². The minimum atomic E-state index is 0.0814. The van der Waals surface area contributed by atoms with Crippen LogP contribution in [0.2, 0.25) is 0 Å². The van der Waals surface area contributed by atoms with Gasteiger partial charge in [-0.25, -0.2) is 0 Å². The molecule has 0 aliphatic carbocycles. The van der Waals surface area contributed by atoms with Crippen molar-refractivity contribution in [2.75, 3.05) is 4.90 Å². The standard InChI is InChI=1S/C31H19BN2O/c33-20-21-17-18-23(22-9-2-1-3-10-22)28(19-21)34-26-13-6-4-11-24(26)32-25-12-5-7-15-29(25)35-30-16-8-14-27(34)31(30)32/h1-19H. The summed E-state index contributed by atoms with van der Waals surface area (Å²) >= 11 is 0. The molecule has 5 aromatic rings. The molecule has 0 fully saturated rings. The summed E-state index contributed by atoms with van der Waals surface area (Å²) in [5.41, 5.74) is 9.55. The SMILES string of the molecule is N#Cc1ccc(-c2ccccc2)c(N2c3ccccc3B3c4ccccc4Oc4cccc2c43)c1. The van der Waals surface area contributed by atoms with E-state index in [1.54, 1.807) is 0 Å². The molecule has 0 radical (unpaired) electrons. The van der Waals surface area contributed by atoms with Crippen molar-refractivity contribution in [2.45, 2.75) is 0 Å². The maximum atomic E-state index is 9.77. The summed E-state index contributed by atoms with van der Waals surface area (Å²) in [5, 5.41) is 9.77. The molecule has 7 rings (SSSR count). The zero-order chi connectivity index (χ0) is 23.4. The summed E-state index contributed by atoms with van der Waals surface area (Å²) in [7, 11) is 0. The summed E-state index contributed by atoms with van der Waals surface area (Å²) in [5.74, 6) is 1.78. The highest BCUT2D eigenvalue weighted by molar-refractivity contribution is 6.99. The first kappa shape index (κ1) is 19.7. The Morgan fingerprint density at radius 1 is 0.629 bits per heavy atom. The fourth-order valence-electron chi connectivity index (χ4n) is 5.49. The van der Waals surface area contributed by atoms with Crippen LogP contribution in [0, 0.1) is 11.3 Å². The number of fused-ring (bicyclic) bond motifs is 4. The summed E-state index contributed by atoms with van der Waals surface area (Å²) in [6.45, 7) is 0.0814. The second-order valence-corrected chi connectivity index (χ2v) is 8.87. The third-order valence-electron chi connectivity index (χ3n) is 6.96. The van der Waals surface area contributed by atoms with Gasteiger partial charge in [0.05, 0.1) is 17.3 Å². The van der Waals surface area contributed by atoms with Crippen LogP contribution in [0.3, 0.4) is 0 Å². The molecular weight excluding hydrogens is 427 g/mol. The van der Waals surface area contributed by atoms with Gasteiger partial charge in [-0.05, 0) is 58.4 Å². The van der Waals surface area contributed by atoms with E-state index in [2.05, 4.69) is 83.8 Å². The number of ether oxygens (including phenoxy) is 1. The van der Waals surface area contributed by atoms with Crippen LogP contribution < -0.4 is 26.0 Å². The van der Waals surface area contributed by atoms with Crippen molar-refractivity contribution in [3.8, 4) is 28.7 Å². The third-order valence-corrected chi connectivity index (χ3v) is 6.96. The fraction of sp³-hybridized carbons (Fsp3) is 0. The Morgan fingerprint density at radius 2 is 1.34 bits per heavy atom. The Bertz CT molecular complexity index is 1660. The first-order valence-corrected chi connectivity index (χ1v) is 11.7. The number of hydrogen-bond acceptors (Lipinski definition) is 3. The molecule has 0 unspecified atom stereocenters. The number of hydrogen-bond donors (Lipinski definition) is 0. The molecule has 162 valence electrons. The van der Waals surface area contributed by atoms with E-state index in [0.717, 1.165) is 45.2 Å². The van der Waals surface area contributed by atoms with E-state index in [1.165, 1.54) is 10.9 Å². The minimum absolute atomic E-state index is 0.0814. The normalized spacial score (nSPS) is 12.7. The largest absolute Gasteiger partial charge is 0.458 e. The Hall–Kier alpha value is -4.75. The number of para-hydroxylation sites is 2. The van der Waals surface area contributed by atoms with Gasteiger partial charge in [-0.1, -0.05) is 78.9 Å². The number of nitriles is 1. The Kier molecular flexibility index (Phi) is 4.31. The second-order valence-electron chi connectivity index (χ2n) is 8.87. The molecular formula is C31H19BN2O. The summed E-state index contributed by atoms with van der Waals surface area (Å²) in [4.78, 5) is 2.30. The van der Waals surface area contributed by atoms with Crippen LogP contribution in [0.15, 0.2) is 115 Å². The molecule has 2 heterocycles. The summed E-state index contributed by atoms with van der Waals surface area (Å²) in [6.07, 6.45) is 0.